The van der Waals surface area contributed by atoms with Gasteiger partial charge in [0.1, 0.15) is 0 Å². The smallest absolute Gasteiger partial charge is 0.0465 e. The minimum Gasteiger partial charge on any atom is -0.355 e. The average molecular weight is 537 g/mol. The molecular formula is C39H40N2. The Balaban J connectivity index is 1.28. The van der Waals surface area contributed by atoms with Gasteiger partial charge in [-0.15, -0.1) is 0 Å². The normalized spacial score (nSPS) is 11.6. The monoisotopic (exact) mass is 536 g/mol. The van der Waals surface area contributed by atoms with Crippen LogP contribution in [0.1, 0.15) is 56.2 Å². The van der Waals surface area contributed by atoms with Gasteiger partial charge in [-0.1, -0.05) is 130 Å². The van der Waals surface area contributed by atoms with Gasteiger partial charge in [0.2, 0.25) is 0 Å². The molecule has 0 unspecified atom stereocenters. The summed E-state index contributed by atoms with van der Waals surface area (Å²) in [5.74, 6) is 0.677. The maximum Gasteiger partial charge on any atom is 0.0465 e. The third-order valence-corrected chi connectivity index (χ3v) is 7.45. The molecule has 0 aliphatic rings. The first-order valence-corrected chi connectivity index (χ1v) is 14.9. The molecule has 0 radical (unpaired) electrons. The quantitative estimate of drug-likeness (QED) is 0.155. The highest BCUT2D eigenvalue weighted by Crippen LogP contribution is 2.33. The van der Waals surface area contributed by atoms with Gasteiger partial charge in [0.25, 0.3) is 0 Å². The van der Waals surface area contributed by atoms with E-state index in [9.17, 15) is 0 Å². The number of benzene rings is 5. The lowest BCUT2D eigenvalue weighted by Crippen LogP contribution is -1.96. The molecule has 0 aromatic heterocycles. The number of allylic oxidation sites excluding steroid dienone is 1. The Labute approximate surface area is 245 Å². The van der Waals surface area contributed by atoms with Gasteiger partial charge in [-0.25, -0.2) is 0 Å². The molecule has 5 aromatic carbocycles. The van der Waals surface area contributed by atoms with Crippen molar-refractivity contribution in [2.45, 2.75) is 39.5 Å². The standard InChI is InChI=1S/C39H40N2/c1-3-10-30(11-4-2)16-18-32-20-24-34(25-21-32)40-38-28-29-39(37-15-9-8-14-36(37)38)41-35-26-22-33(23-27-35)19-17-31-12-6-5-7-13-31/h5-9,12-30,40-41H,3-4,10-11H2,1-2H3/b18-16+,19-17+. The number of rotatable bonds is 12. The van der Waals surface area contributed by atoms with Crippen LogP contribution in [-0.2, 0) is 0 Å². The van der Waals surface area contributed by atoms with E-state index < -0.39 is 0 Å². The second-order valence-corrected chi connectivity index (χ2v) is 10.6. The minimum atomic E-state index is 0.677. The molecule has 0 fully saturated rings. The van der Waals surface area contributed by atoms with E-state index in [1.807, 2.05) is 6.07 Å². The highest BCUT2D eigenvalue weighted by Gasteiger charge is 2.07. The molecule has 0 aliphatic heterocycles. The molecule has 2 nitrogen and oxygen atoms in total. The molecule has 5 rings (SSSR count). The summed E-state index contributed by atoms with van der Waals surface area (Å²) in [6.07, 6.45) is 14.0. The second kappa shape index (κ2) is 14.2. The van der Waals surface area contributed by atoms with Crippen LogP contribution in [0.2, 0.25) is 0 Å². The second-order valence-electron chi connectivity index (χ2n) is 10.6. The van der Waals surface area contributed by atoms with Gasteiger partial charge >= 0.3 is 0 Å². The van der Waals surface area contributed by atoms with Crippen LogP contribution in [-0.4, -0.2) is 0 Å². The topological polar surface area (TPSA) is 24.1 Å². The van der Waals surface area contributed by atoms with Gasteiger partial charge in [0, 0.05) is 33.5 Å². The van der Waals surface area contributed by atoms with Crippen molar-refractivity contribution in [2.75, 3.05) is 10.6 Å². The summed E-state index contributed by atoms with van der Waals surface area (Å²) < 4.78 is 0. The Morgan fingerprint density at radius 3 is 1.41 bits per heavy atom. The zero-order chi connectivity index (χ0) is 28.3. The number of hydrogen-bond acceptors (Lipinski definition) is 2. The summed E-state index contributed by atoms with van der Waals surface area (Å²) in [5, 5.41) is 9.64. The molecule has 2 N–H and O–H groups in total. The van der Waals surface area contributed by atoms with E-state index in [1.165, 1.54) is 53.1 Å². The molecule has 0 amide bonds. The van der Waals surface area contributed by atoms with Crippen molar-refractivity contribution in [1.29, 1.82) is 0 Å². The summed E-state index contributed by atoms with van der Waals surface area (Å²) in [6, 6.07) is 40.6. The summed E-state index contributed by atoms with van der Waals surface area (Å²) in [6.45, 7) is 4.54. The van der Waals surface area contributed by atoms with Crippen LogP contribution in [0.15, 0.2) is 121 Å². The number of fused-ring (bicyclic) bond motifs is 1. The minimum absolute atomic E-state index is 0.677. The maximum atomic E-state index is 3.65. The molecule has 0 spiro atoms. The first-order chi connectivity index (χ1) is 20.2. The fraction of sp³-hybridized carbons (Fsp3) is 0.179. The molecule has 0 saturated carbocycles. The summed E-state index contributed by atoms with van der Waals surface area (Å²) in [5.41, 5.74) is 7.97. The molecule has 0 bridgehead atoms. The van der Waals surface area contributed by atoms with E-state index in [2.05, 4.69) is 158 Å². The van der Waals surface area contributed by atoms with Crippen molar-refractivity contribution in [2.24, 2.45) is 5.92 Å². The lowest BCUT2D eigenvalue weighted by molar-refractivity contribution is 0.531. The van der Waals surface area contributed by atoms with Gasteiger partial charge < -0.3 is 10.6 Å². The van der Waals surface area contributed by atoms with Crippen LogP contribution in [0.5, 0.6) is 0 Å². The fourth-order valence-electron chi connectivity index (χ4n) is 5.27. The molecule has 5 aromatic rings. The number of anilines is 4. The zero-order valence-corrected chi connectivity index (χ0v) is 24.2. The van der Waals surface area contributed by atoms with Crippen molar-refractivity contribution in [1.82, 2.24) is 0 Å². The van der Waals surface area contributed by atoms with Gasteiger partial charge in [0.15, 0.2) is 0 Å². The Bertz CT molecular complexity index is 1570. The van der Waals surface area contributed by atoms with Crippen LogP contribution in [0, 0.1) is 5.92 Å². The molecule has 2 heteroatoms. The molecule has 41 heavy (non-hydrogen) atoms. The molecular weight excluding hydrogens is 496 g/mol. The van der Waals surface area contributed by atoms with E-state index in [0.717, 1.165) is 22.7 Å². The molecule has 206 valence electrons. The molecule has 0 saturated heterocycles. The highest BCUT2D eigenvalue weighted by atomic mass is 14.9. The Kier molecular flexibility index (Phi) is 9.68. The van der Waals surface area contributed by atoms with Crippen molar-refractivity contribution >= 4 is 51.8 Å². The van der Waals surface area contributed by atoms with Gasteiger partial charge in [-0.3, -0.25) is 0 Å². The molecule has 0 atom stereocenters. The lowest BCUT2D eigenvalue weighted by Gasteiger charge is -2.15. The van der Waals surface area contributed by atoms with Crippen LogP contribution < -0.4 is 10.6 Å². The van der Waals surface area contributed by atoms with Crippen LogP contribution in [0.25, 0.3) is 29.0 Å². The fourth-order valence-corrected chi connectivity index (χ4v) is 5.27. The predicted molar refractivity (Wildman–Crippen MR) is 181 cm³/mol. The number of nitrogens with one attached hydrogen (secondary N) is 2. The SMILES string of the molecule is CCCC(/C=C/c1ccc(Nc2ccc(Nc3ccc(/C=C/c4ccccc4)cc3)c3ccccc23)cc1)CCC. The third kappa shape index (κ3) is 7.77. The van der Waals surface area contributed by atoms with Crippen molar-refractivity contribution in [3.05, 3.63) is 138 Å². The van der Waals surface area contributed by atoms with Crippen LogP contribution in [0.4, 0.5) is 22.7 Å². The summed E-state index contributed by atoms with van der Waals surface area (Å²) in [4.78, 5) is 0. The van der Waals surface area contributed by atoms with Gasteiger partial charge in [0.05, 0.1) is 0 Å². The Morgan fingerprint density at radius 2 is 0.927 bits per heavy atom. The third-order valence-electron chi connectivity index (χ3n) is 7.45. The van der Waals surface area contributed by atoms with Crippen LogP contribution in [0.3, 0.4) is 0 Å². The summed E-state index contributed by atoms with van der Waals surface area (Å²) >= 11 is 0. The van der Waals surface area contributed by atoms with Gasteiger partial charge in [-0.2, -0.15) is 0 Å². The van der Waals surface area contributed by atoms with E-state index in [1.54, 1.807) is 0 Å². The average Bonchev–Trinajstić information content (AvgIpc) is 3.02. The van der Waals surface area contributed by atoms with E-state index in [0.29, 0.717) is 5.92 Å². The van der Waals surface area contributed by atoms with Crippen molar-refractivity contribution in [3.8, 4) is 0 Å². The van der Waals surface area contributed by atoms with Crippen LogP contribution >= 0.6 is 0 Å². The van der Waals surface area contributed by atoms with Gasteiger partial charge in [-0.05, 0) is 71.8 Å². The highest BCUT2D eigenvalue weighted by molar-refractivity contribution is 6.03. The van der Waals surface area contributed by atoms with E-state index in [4.69, 9.17) is 0 Å². The molecule has 0 aliphatic carbocycles. The number of hydrogen-bond donors (Lipinski definition) is 2. The zero-order valence-electron chi connectivity index (χ0n) is 24.2. The van der Waals surface area contributed by atoms with Crippen molar-refractivity contribution < 1.29 is 0 Å². The maximum absolute atomic E-state index is 3.65. The predicted octanol–water partition coefficient (Wildman–Crippen LogP) is 11.7. The lowest BCUT2D eigenvalue weighted by atomic mass is 9.97. The first kappa shape index (κ1) is 28.0. The first-order valence-electron chi connectivity index (χ1n) is 14.9. The molecule has 0 heterocycles. The van der Waals surface area contributed by atoms with E-state index in [-0.39, 0.29) is 0 Å². The Morgan fingerprint density at radius 1 is 0.488 bits per heavy atom. The Hall–Kier alpha value is -4.56. The largest absolute Gasteiger partial charge is 0.355 e. The summed E-state index contributed by atoms with van der Waals surface area (Å²) in [7, 11) is 0. The van der Waals surface area contributed by atoms with E-state index >= 15 is 0 Å². The van der Waals surface area contributed by atoms with Crippen molar-refractivity contribution in [3.63, 3.8) is 0 Å².